The van der Waals surface area contributed by atoms with Crippen LogP contribution in [0.5, 0.6) is 0 Å². The van der Waals surface area contributed by atoms with E-state index in [1.807, 2.05) is 62.4 Å². The number of aromatic nitrogens is 1. The van der Waals surface area contributed by atoms with Crippen LogP contribution in [-0.2, 0) is 6.54 Å². The van der Waals surface area contributed by atoms with Gasteiger partial charge >= 0.3 is 0 Å². The molecule has 2 heterocycles. The van der Waals surface area contributed by atoms with Gasteiger partial charge in [0.25, 0.3) is 5.91 Å². The SMILES string of the molecule is CCN(Cc1ccccc1)C(=O)c1cc2cc3ccc(C)cc3nc2o1. The Labute approximate surface area is 152 Å². The van der Waals surface area contributed by atoms with Crippen molar-refractivity contribution in [3.8, 4) is 0 Å². The van der Waals surface area contributed by atoms with Crippen LogP contribution in [0.15, 0.2) is 65.1 Å². The summed E-state index contributed by atoms with van der Waals surface area (Å²) in [6.07, 6.45) is 0. The van der Waals surface area contributed by atoms with Crippen LogP contribution in [0.4, 0.5) is 0 Å². The first-order valence-corrected chi connectivity index (χ1v) is 8.78. The summed E-state index contributed by atoms with van der Waals surface area (Å²) in [5.41, 5.74) is 3.62. The largest absolute Gasteiger partial charge is 0.433 e. The van der Waals surface area contributed by atoms with Gasteiger partial charge in [0.15, 0.2) is 5.76 Å². The molecule has 0 fully saturated rings. The Balaban J connectivity index is 1.68. The van der Waals surface area contributed by atoms with Crippen LogP contribution in [0.3, 0.4) is 0 Å². The van der Waals surface area contributed by atoms with Crippen LogP contribution in [0.1, 0.15) is 28.6 Å². The normalized spacial score (nSPS) is 11.2. The predicted octanol–water partition coefficient (Wildman–Crippen LogP) is 4.95. The second-order valence-corrected chi connectivity index (χ2v) is 6.49. The molecule has 4 rings (SSSR count). The lowest BCUT2D eigenvalue weighted by molar-refractivity contribution is 0.0722. The van der Waals surface area contributed by atoms with Crippen molar-refractivity contribution >= 4 is 27.9 Å². The molecular formula is C22H20N2O2. The van der Waals surface area contributed by atoms with Gasteiger partial charge in [-0.1, -0.05) is 42.5 Å². The molecule has 26 heavy (non-hydrogen) atoms. The molecule has 0 atom stereocenters. The monoisotopic (exact) mass is 344 g/mol. The Morgan fingerprint density at radius 1 is 1.04 bits per heavy atom. The lowest BCUT2D eigenvalue weighted by Crippen LogP contribution is -2.29. The number of pyridine rings is 1. The molecule has 2 aromatic carbocycles. The maximum Gasteiger partial charge on any atom is 0.289 e. The highest BCUT2D eigenvalue weighted by Crippen LogP contribution is 2.24. The van der Waals surface area contributed by atoms with Gasteiger partial charge in [-0.05, 0) is 43.2 Å². The molecule has 0 bridgehead atoms. The lowest BCUT2D eigenvalue weighted by atomic mass is 10.1. The van der Waals surface area contributed by atoms with E-state index >= 15 is 0 Å². The van der Waals surface area contributed by atoms with E-state index in [1.54, 1.807) is 11.0 Å². The summed E-state index contributed by atoms with van der Waals surface area (Å²) >= 11 is 0. The third kappa shape index (κ3) is 3.06. The lowest BCUT2D eigenvalue weighted by Gasteiger charge is -2.19. The maximum absolute atomic E-state index is 12.9. The smallest absolute Gasteiger partial charge is 0.289 e. The van der Waals surface area contributed by atoms with Crippen LogP contribution >= 0.6 is 0 Å². The predicted molar refractivity (Wildman–Crippen MR) is 103 cm³/mol. The van der Waals surface area contributed by atoms with E-state index < -0.39 is 0 Å². The van der Waals surface area contributed by atoms with E-state index in [0.717, 1.165) is 27.4 Å². The van der Waals surface area contributed by atoms with Crippen molar-refractivity contribution in [3.63, 3.8) is 0 Å². The average molecular weight is 344 g/mol. The molecular weight excluding hydrogens is 324 g/mol. The second kappa shape index (κ2) is 6.64. The van der Waals surface area contributed by atoms with Gasteiger partial charge < -0.3 is 9.32 Å². The van der Waals surface area contributed by atoms with Gasteiger partial charge in [0.2, 0.25) is 5.71 Å². The van der Waals surface area contributed by atoms with Gasteiger partial charge in [0, 0.05) is 23.9 Å². The van der Waals surface area contributed by atoms with Crippen molar-refractivity contribution in [2.45, 2.75) is 20.4 Å². The summed E-state index contributed by atoms with van der Waals surface area (Å²) in [6, 6.07) is 19.9. The van der Waals surface area contributed by atoms with Crippen molar-refractivity contribution in [2.24, 2.45) is 0 Å². The van der Waals surface area contributed by atoms with Crippen LogP contribution in [0.2, 0.25) is 0 Å². The van der Waals surface area contributed by atoms with Crippen LogP contribution in [0, 0.1) is 6.92 Å². The minimum absolute atomic E-state index is 0.116. The van der Waals surface area contributed by atoms with Crippen molar-refractivity contribution in [1.29, 1.82) is 0 Å². The summed E-state index contributed by atoms with van der Waals surface area (Å²) in [4.78, 5) is 19.2. The Kier molecular flexibility index (Phi) is 4.17. The van der Waals surface area contributed by atoms with Gasteiger partial charge in [-0.25, -0.2) is 4.98 Å². The number of benzene rings is 2. The quantitative estimate of drug-likeness (QED) is 0.526. The standard InChI is InChI=1S/C22H20N2O2/c1-3-24(14-16-7-5-4-6-8-16)22(25)20-13-18-12-17-10-9-15(2)11-19(17)23-21(18)26-20/h4-13H,3,14H2,1-2H3. The summed E-state index contributed by atoms with van der Waals surface area (Å²) in [6.45, 7) is 5.17. The first kappa shape index (κ1) is 16.3. The van der Waals surface area contributed by atoms with Crippen molar-refractivity contribution < 1.29 is 9.21 Å². The molecule has 0 aliphatic carbocycles. The fraction of sp³-hybridized carbons (Fsp3) is 0.182. The molecule has 0 spiro atoms. The van der Waals surface area contributed by atoms with Crippen molar-refractivity contribution in [1.82, 2.24) is 9.88 Å². The highest BCUT2D eigenvalue weighted by atomic mass is 16.4. The minimum Gasteiger partial charge on any atom is -0.433 e. The van der Waals surface area contributed by atoms with E-state index in [0.29, 0.717) is 24.6 Å². The summed E-state index contributed by atoms with van der Waals surface area (Å²) in [7, 11) is 0. The molecule has 4 aromatic rings. The molecule has 0 N–H and O–H groups in total. The third-order valence-electron chi connectivity index (χ3n) is 4.56. The zero-order valence-electron chi connectivity index (χ0n) is 14.9. The summed E-state index contributed by atoms with van der Waals surface area (Å²) in [5.74, 6) is 0.215. The Morgan fingerprint density at radius 3 is 2.62 bits per heavy atom. The third-order valence-corrected chi connectivity index (χ3v) is 4.56. The summed E-state index contributed by atoms with van der Waals surface area (Å²) in [5, 5.41) is 1.89. The molecule has 0 aliphatic rings. The zero-order valence-corrected chi connectivity index (χ0v) is 14.9. The topological polar surface area (TPSA) is 46.3 Å². The van der Waals surface area contributed by atoms with E-state index in [-0.39, 0.29) is 5.91 Å². The fourth-order valence-electron chi connectivity index (χ4n) is 3.13. The number of furan rings is 1. The van der Waals surface area contributed by atoms with E-state index in [4.69, 9.17) is 4.42 Å². The van der Waals surface area contributed by atoms with E-state index in [2.05, 4.69) is 11.1 Å². The number of carbonyl (C=O) groups excluding carboxylic acids is 1. The first-order valence-electron chi connectivity index (χ1n) is 8.78. The molecule has 4 nitrogen and oxygen atoms in total. The number of amides is 1. The summed E-state index contributed by atoms with van der Waals surface area (Å²) < 4.78 is 5.80. The number of aryl methyl sites for hydroxylation is 1. The minimum atomic E-state index is -0.116. The van der Waals surface area contributed by atoms with Gasteiger partial charge in [0.05, 0.1) is 5.52 Å². The van der Waals surface area contributed by atoms with Crippen molar-refractivity contribution in [2.75, 3.05) is 6.54 Å². The number of hydrogen-bond acceptors (Lipinski definition) is 3. The highest BCUT2D eigenvalue weighted by Gasteiger charge is 2.19. The molecule has 0 unspecified atom stereocenters. The van der Waals surface area contributed by atoms with Gasteiger partial charge in [-0.2, -0.15) is 0 Å². The number of hydrogen-bond donors (Lipinski definition) is 0. The number of rotatable bonds is 4. The van der Waals surface area contributed by atoms with E-state index in [1.165, 1.54) is 0 Å². The van der Waals surface area contributed by atoms with Crippen LogP contribution in [0.25, 0.3) is 22.0 Å². The van der Waals surface area contributed by atoms with E-state index in [9.17, 15) is 4.79 Å². The number of nitrogens with zero attached hydrogens (tertiary/aromatic N) is 2. The molecule has 2 aromatic heterocycles. The molecule has 0 saturated carbocycles. The molecule has 0 aliphatic heterocycles. The van der Waals surface area contributed by atoms with Crippen LogP contribution in [-0.4, -0.2) is 22.3 Å². The zero-order chi connectivity index (χ0) is 18.1. The molecule has 0 saturated heterocycles. The fourth-order valence-corrected chi connectivity index (χ4v) is 3.13. The maximum atomic E-state index is 12.9. The Bertz CT molecular complexity index is 1080. The van der Waals surface area contributed by atoms with Gasteiger partial charge in [-0.3, -0.25) is 4.79 Å². The Hall–Kier alpha value is -3.14. The molecule has 4 heteroatoms. The number of carbonyl (C=O) groups is 1. The second-order valence-electron chi connectivity index (χ2n) is 6.49. The van der Waals surface area contributed by atoms with Crippen LogP contribution < -0.4 is 0 Å². The molecule has 0 radical (unpaired) electrons. The Morgan fingerprint density at radius 2 is 1.85 bits per heavy atom. The number of fused-ring (bicyclic) bond motifs is 2. The first-order chi connectivity index (χ1) is 12.6. The average Bonchev–Trinajstić information content (AvgIpc) is 3.07. The van der Waals surface area contributed by atoms with Crippen molar-refractivity contribution in [3.05, 3.63) is 77.6 Å². The molecule has 1 amide bonds. The van der Waals surface area contributed by atoms with Gasteiger partial charge in [-0.15, -0.1) is 0 Å². The highest BCUT2D eigenvalue weighted by molar-refractivity contribution is 5.98. The molecule has 130 valence electrons. The van der Waals surface area contributed by atoms with Gasteiger partial charge in [0.1, 0.15) is 0 Å².